The summed E-state index contributed by atoms with van der Waals surface area (Å²) in [4.78, 5) is 40.2. The van der Waals surface area contributed by atoms with Gasteiger partial charge < -0.3 is 24.8 Å². The molecule has 0 bridgehead atoms. The topological polar surface area (TPSA) is 162 Å². The lowest BCUT2D eigenvalue weighted by atomic mass is 10.1. The van der Waals surface area contributed by atoms with E-state index in [1.165, 1.54) is 31.4 Å². The number of ether oxygens (including phenoxy) is 3. The fourth-order valence-electron chi connectivity index (χ4n) is 3.33. The molecule has 2 aromatic carbocycles. The van der Waals surface area contributed by atoms with Crippen LogP contribution in [0.25, 0.3) is 0 Å². The van der Waals surface area contributed by atoms with E-state index < -0.39 is 22.0 Å². The molecule has 1 heterocycles. The van der Waals surface area contributed by atoms with Gasteiger partial charge in [0.2, 0.25) is 5.88 Å². The first kappa shape index (κ1) is 30.1. The molecule has 0 saturated heterocycles. The number of methoxy groups -OCH3 is 1. The summed E-state index contributed by atoms with van der Waals surface area (Å²) in [6, 6.07) is 15.3. The molecule has 0 radical (unpaired) electrons. The van der Waals surface area contributed by atoms with Gasteiger partial charge >= 0.3 is 6.09 Å². The summed E-state index contributed by atoms with van der Waals surface area (Å²) in [5.74, 6) is -0.514. The molecule has 3 N–H and O–H groups in total. The number of rotatable bonds is 13. The maximum atomic E-state index is 12.7. The molecule has 0 saturated carbocycles. The Morgan fingerprint density at radius 3 is 2.17 bits per heavy atom. The van der Waals surface area contributed by atoms with Gasteiger partial charge in [0.1, 0.15) is 5.75 Å². The fourth-order valence-corrected chi connectivity index (χ4v) is 4.30. The third-order valence-electron chi connectivity index (χ3n) is 5.36. The Hall–Kier alpha value is -4.49. The number of benzene rings is 2. The van der Waals surface area contributed by atoms with E-state index in [2.05, 4.69) is 15.6 Å². The highest BCUT2D eigenvalue weighted by Crippen LogP contribution is 2.14. The molecule has 3 aromatic rings. The van der Waals surface area contributed by atoms with Crippen molar-refractivity contribution in [3.63, 3.8) is 0 Å². The van der Waals surface area contributed by atoms with Gasteiger partial charge in [0.25, 0.3) is 21.8 Å². The van der Waals surface area contributed by atoms with Crippen LogP contribution in [0.3, 0.4) is 0 Å². The minimum absolute atomic E-state index is 0.0457. The van der Waals surface area contributed by atoms with Crippen molar-refractivity contribution in [1.29, 1.82) is 0 Å². The second-order valence-corrected chi connectivity index (χ2v) is 9.92. The van der Waals surface area contributed by atoms with Crippen molar-refractivity contribution < 1.29 is 37.0 Å². The van der Waals surface area contributed by atoms with Gasteiger partial charge in [-0.15, -0.1) is 0 Å². The van der Waals surface area contributed by atoms with Crippen LogP contribution in [0.2, 0.25) is 0 Å². The Bertz CT molecular complexity index is 1390. The molecule has 13 heteroatoms. The predicted molar refractivity (Wildman–Crippen MR) is 145 cm³/mol. The van der Waals surface area contributed by atoms with Gasteiger partial charge in [-0.05, 0) is 61.4 Å². The van der Waals surface area contributed by atoms with Crippen LogP contribution in [0.4, 0.5) is 4.79 Å². The summed E-state index contributed by atoms with van der Waals surface area (Å²) in [6.07, 6.45) is 0.815. The van der Waals surface area contributed by atoms with E-state index in [0.717, 1.165) is 11.8 Å². The molecule has 0 aliphatic rings. The zero-order valence-electron chi connectivity index (χ0n) is 22.0. The second-order valence-electron chi connectivity index (χ2n) is 8.24. The average molecular weight is 571 g/mol. The monoisotopic (exact) mass is 570 g/mol. The fraction of sp³-hybridized carbons (Fsp3) is 0.259. The number of carbonyl (C=O) groups excluding carboxylic acids is 3. The van der Waals surface area contributed by atoms with Gasteiger partial charge in [0.05, 0.1) is 23.7 Å². The summed E-state index contributed by atoms with van der Waals surface area (Å²) in [5, 5.41) is 5.26. The Morgan fingerprint density at radius 2 is 1.55 bits per heavy atom. The molecule has 0 aliphatic heterocycles. The smallest absolute Gasteiger partial charge is 0.414 e. The largest absolute Gasteiger partial charge is 0.494 e. The minimum Gasteiger partial charge on any atom is -0.494 e. The molecular weight excluding hydrogens is 540 g/mol. The van der Waals surface area contributed by atoms with E-state index in [-0.39, 0.29) is 28.8 Å². The lowest BCUT2D eigenvalue weighted by Gasteiger charge is -2.09. The minimum atomic E-state index is -4.16. The maximum Gasteiger partial charge on any atom is 0.414 e. The van der Waals surface area contributed by atoms with Crippen molar-refractivity contribution in [2.75, 3.05) is 33.4 Å². The number of nitrogens with zero attached hydrogens (tertiary/aromatic N) is 1. The number of nitrogens with one attached hydrogen (secondary N) is 3. The third kappa shape index (κ3) is 9.06. The van der Waals surface area contributed by atoms with E-state index in [1.807, 2.05) is 11.6 Å². The van der Waals surface area contributed by atoms with Gasteiger partial charge in [-0.25, -0.2) is 22.9 Å². The number of carbonyl (C=O) groups is 3. The highest BCUT2D eigenvalue weighted by atomic mass is 32.2. The number of sulfonamides is 1. The first-order chi connectivity index (χ1) is 19.2. The van der Waals surface area contributed by atoms with E-state index in [9.17, 15) is 22.8 Å². The standard InChI is InChI=1S/C27H30N4O8S/c1-3-38-22-9-6-20(7-10-22)25(32)28-15-14-19-4-11-23(12-5-19)40(35,36)31-26(33)21-8-13-24(30-18-21)39-27(34)29-16-17-37-2/h4-13,18H,3,14-17H2,1-2H3,(H,28,32)(H,29,34)(H,31,33). The highest BCUT2D eigenvalue weighted by Gasteiger charge is 2.19. The second kappa shape index (κ2) is 14.6. The van der Waals surface area contributed by atoms with Crippen LogP contribution in [-0.2, 0) is 21.2 Å². The van der Waals surface area contributed by atoms with E-state index in [0.29, 0.717) is 37.5 Å². The third-order valence-corrected chi connectivity index (χ3v) is 6.71. The van der Waals surface area contributed by atoms with Crippen molar-refractivity contribution in [2.45, 2.75) is 18.2 Å². The molecule has 3 rings (SSSR count). The van der Waals surface area contributed by atoms with Gasteiger partial charge in [0.15, 0.2) is 0 Å². The molecule has 0 fully saturated rings. The first-order valence-electron chi connectivity index (χ1n) is 12.3. The lowest BCUT2D eigenvalue weighted by Crippen LogP contribution is -2.31. The van der Waals surface area contributed by atoms with Gasteiger partial charge in [-0.2, -0.15) is 0 Å². The van der Waals surface area contributed by atoms with E-state index in [4.69, 9.17) is 14.2 Å². The molecule has 212 valence electrons. The number of amides is 3. The SMILES string of the molecule is CCOc1ccc(C(=O)NCCc2ccc(S(=O)(=O)NC(=O)c3ccc(OC(=O)NCCOC)nc3)cc2)cc1. The van der Waals surface area contributed by atoms with Crippen LogP contribution in [0, 0.1) is 0 Å². The van der Waals surface area contributed by atoms with Crippen molar-refractivity contribution in [1.82, 2.24) is 20.3 Å². The normalized spacial score (nSPS) is 10.8. The lowest BCUT2D eigenvalue weighted by molar-refractivity contribution is 0.0951. The average Bonchev–Trinajstić information content (AvgIpc) is 2.94. The molecule has 1 aromatic heterocycles. The van der Waals surface area contributed by atoms with Crippen molar-refractivity contribution in [3.8, 4) is 11.6 Å². The van der Waals surface area contributed by atoms with Gasteiger partial charge in [-0.3, -0.25) is 9.59 Å². The quantitative estimate of drug-likeness (QED) is 0.262. The van der Waals surface area contributed by atoms with Gasteiger partial charge in [0, 0.05) is 38.0 Å². The number of hydrogen-bond acceptors (Lipinski definition) is 9. The Labute approximate surface area is 232 Å². The Morgan fingerprint density at radius 1 is 0.850 bits per heavy atom. The summed E-state index contributed by atoms with van der Waals surface area (Å²) in [6.45, 7) is 3.32. The van der Waals surface area contributed by atoms with Crippen LogP contribution in [0.5, 0.6) is 11.6 Å². The van der Waals surface area contributed by atoms with Crippen molar-refractivity contribution in [3.05, 3.63) is 83.6 Å². The predicted octanol–water partition coefficient (Wildman–Crippen LogP) is 2.31. The molecule has 0 atom stereocenters. The molecule has 40 heavy (non-hydrogen) atoms. The van der Waals surface area contributed by atoms with E-state index in [1.54, 1.807) is 36.4 Å². The molecule has 0 unspecified atom stereocenters. The van der Waals surface area contributed by atoms with Crippen LogP contribution < -0.4 is 24.8 Å². The van der Waals surface area contributed by atoms with Crippen LogP contribution in [0.15, 0.2) is 71.8 Å². The van der Waals surface area contributed by atoms with Crippen LogP contribution >= 0.6 is 0 Å². The Kier molecular flexibility index (Phi) is 11.0. The zero-order chi connectivity index (χ0) is 29.0. The highest BCUT2D eigenvalue weighted by molar-refractivity contribution is 7.90. The zero-order valence-corrected chi connectivity index (χ0v) is 22.8. The number of aromatic nitrogens is 1. The summed E-state index contributed by atoms with van der Waals surface area (Å²) < 4.78 is 42.5. The molecule has 3 amide bonds. The summed E-state index contributed by atoms with van der Waals surface area (Å²) >= 11 is 0. The maximum absolute atomic E-state index is 12.7. The van der Waals surface area contributed by atoms with Crippen LogP contribution in [-0.4, -0.2) is 64.7 Å². The molecule has 12 nitrogen and oxygen atoms in total. The summed E-state index contributed by atoms with van der Waals surface area (Å²) in [5.41, 5.74) is 1.25. The van der Waals surface area contributed by atoms with Crippen molar-refractivity contribution >= 4 is 27.9 Å². The first-order valence-corrected chi connectivity index (χ1v) is 13.8. The van der Waals surface area contributed by atoms with Crippen LogP contribution in [0.1, 0.15) is 33.2 Å². The van der Waals surface area contributed by atoms with Gasteiger partial charge in [-0.1, -0.05) is 12.1 Å². The van der Waals surface area contributed by atoms with E-state index >= 15 is 0 Å². The Balaban J connectivity index is 1.49. The number of hydrogen-bond donors (Lipinski definition) is 3. The summed E-state index contributed by atoms with van der Waals surface area (Å²) in [7, 11) is -2.67. The molecule has 0 spiro atoms. The number of pyridine rings is 1. The molecule has 0 aliphatic carbocycles. The van der Waals surface area contributed by atoms with Crippen molar-refractivity contribution in [2.24, 2.45) is 0 Å². The molecular formula is C27H30N4O8S.